The van der Waals surface area contributed by atoms with Gasteiger partial charge in [-0.2, -0.15) is 10.2 Å². The maximum absolute atomic E-state index is 13.4. The number of aromatic nitrogens is 5. The summed E-state index contributed by atoms with van der Waals surface area (Å²) in [5.41, 5.74) is 2.09. The van der Waals surface area contributed by atoms with Crippen LogP contribution in [0.15, 0.2) is 48.8 Å². The molecular weight excluding hydrogens is 397 g/mol. The van der Waals surface area contributed by atoms with Crippen molar-refractivity contribution in [1.29, 1.82) is 0 Å². The molecule has 3 aromatic heterocycles. The van der Waals surface area contributed by atoms with E-state index in [9.17, 15) is 12.8 Å². The van der Waals surface area contributed by atoms with Gasteiger partial charge in [0, 0.05) is 11.8 Å². The molecule has 0 aliphatic rings. The summed E-state index contributed by atoms with van der Waals surface area (Å²) in [4.78, 5) is 4.56. The monoisotopic (exact) mass is 415 g/mol. The zero-order valence-corrected chi connectivity index (χ0v) is 16.4. The molecule has 3 heterocycles. The molecule has 11 heteroatoms. The van der Waals surface area contributed by atoms with Crippen LogP contribution in [0.1, 0.15) is 23.0 Å². The molecule has 4 rings (SSSR count). The van der Waals surface area contributed by atoms with Crippen LogP contribution in [0.4, 0.5) is 16.0 Å². The highest BCUT2D eigenvalue weighted by atomic mass is 32.2. The van der Waals surface area contributed by atoms with Crippen LogP contribution in [-0.4, -0.2) is 39.5 Å². The number of sulfonamides is 1. The van der Waals surface area contributed by atoms with E-state index in [2.05, 4.69) is 30.3 Å². The molecule has 1 unspecified atom stereocenters. The van der Waals surface area contributed by atoms with Crippen LogP contribution in [-0.2, 0) is 10.0 Å². The Hall–Kier alpha value is -3.31. The zero-order valence-electron chi connectivity index (χ0n) is 15.6. The number of aromatic amines is 1. The summed E-state index contributed by atoms with van der Waals surface area (Å²) in [5, 5.41) is 14.5. The molecule has 150 valence electrons. The lowest BCUT2D eigenvalue weighted by Crippen LogP contribution is -2.30. The Morgan fingerprint density at radius 3 is 2.62 bits per heavy atom. The SMILES string of the molecule is Cc1cn[nH]c1Nc1nc(C(NS(C)(=O)=O)c2ccc(F)cc2)nn2cccc12. The van der Waals surface area contributed by atoms with Crippen LogP contribution in [0.2, 0.25) is 0 Å². The van der Waals surface area contributed by atoms with Gasteiger partial charge in [0.15, 0.2) is 11.6 Å². The minimum absolute atomic E-state index is 0.199. The molecule has 0 saturated carbocycles. The number of fused-ring (bicyclic) bond motifs is 1. The van der Waals surface area contributed by atoms with Gasteiger partial charge in [0.05, 0.1) is 12.5 Å². The second kappa shape index (κ2) is 7.26. The number of hydrogen-bond donors (Lipinski definition) is 3. The van der Waals surface area contributed by atoms with Gasteiger partial charge in [-0.25, -0.2) is 27.0 Å². The Morgan fingerprint density at radius 1 is 1.21 bits per heavy atom. The summed E-state index contributed by atoms with van der Waals surface area (Å²) < 4.78 is 41.5. The smallest absolute Gasteiger partial charge is 0.209 e. The van der Waals surface area contributed by atoms with Crippen LogP contribution < -0.4 is 10.0 Å². The van der Waals surface area contributed by atoms with Gasteiger partial charge in [0.2, 0.25) is 10.0 Å². The van der Waals surface area contributed by atoms with Crippen molar-refractivity contribution in [3.63, 3.8) is 0 Å². The van der Waals surface area contributed by atoms with Gasteiger partial charge in [-0.3, -0.25) is 5.10 Å². The number of aryl methyl sites for hydroxylation is 1. The molecule has 0 saturated heterocycles. The van der Waals surface area contributed by atoms with Crippen LogP contribution in [0.5, 0.6) is 0 Å². The molecule has 0 bridgehead atoms. The van der Waals surface area contributed by atoms with E-state index in [0.29, 0.717) is 22.7 Å². The fraction of sp³-hybridized carbons (Fsp3) is 0.167. The van der Waals surface area contributed by atoms with Crippen molar-refractivity contribution in [3.8, 4) is 0 Å². The van der Waals surface area contributed by atoms with Crippen molar-refractivity contribution < 1.29 is 12.8 Å². The summed E-state index contributed by atoms with van der Waals surface area (Å²) >= 11 is 0. The normalized spacial score (nSPS) is 12.9. The fourth-order valence-corrected chi connectivity index (χ4v) is 3.57. The molecule has 0 fully saturated rings. The minimum atomic E-state index is -3.61. The number of hydrogen-bond acceptors (Lipinski definition) is 6. The van der Waals surface area contributed by atoms with Crippen molar-refractivity contribution in [2.75, 3.05) is 11.6 Å². The number of anilines is 2. The molecular formula is C18H18FN7O2S. The third-order valence-corrected chi connectivity index (χ3v) is 4.94. The molecule has 1 aromatic carbocycles. The third kappa shape index (κ3) is 4.10. The first-order valence-electron chi connectivity index (χ1n) is 8.65. The Balaban J connectivity index is 1.84. The Labute approximate surface area is 166 Å². The molecule has 29 heavy (non-hydrogen) atoms. The predicted octanol–water partition coefficient (Wildman–Crippen LogP) is 2.28. The van der Waals surface area contributed by atoms with Crippen LogP contribution in [0.3, 0.4) is 0 Å². The molecule has 4 aromatic rings. The topological polar surface area (TPSA) is 117 Å². The summed E-state index contributed by atoms with van der Waals surface area (Å²) in [7, 11) is -3.61. The van der Waals surface area contributed by atoms with Gasteiger partial charge >= 0.3 is 0 Å². The second-order valence-electron chi connectivity index (χ2n) is 6.58. The van der Waals surface area contributed by atoms with Gasteiger partial charge in [-0.1, -0.05) is 12.1 Å². The molecule has 0 aliphatic carbocycles. The van der Waals surface area contributed by atoms with Crippen LogP contribution in [0.25, 0.3) is 5.52 Å². The van der Waals surface area contributed by atoms with Crippen molar-refractivity contribution in [2.45, 2.75) is 13.0 Å². The van der Waals surface area contributed by atoms with E-state index in [-0.39, 0.29) is 5.82 Å². The lowest BCUT2D eigenvalue weighted by atomic mass is 10.1. The van der Waals surface area contributed by atoms with E-state index < -0.39 is 21.9 Å². The van der Waals surface area contributed by atoms with Gasteiger partial charge in [0.25, 0.3) is 0 Å². The molecule has 3 N–H and O–H groups in total. The van der Waals surface area contributed by atoms with Gasteiger partial charge < -0.3 is 5.32 Å². The van der Waals surface area contributed by atoms with Crippen molar-refractivity contribution in [3.05, 3.63) is 71.6 Å². The average molecular weight is 415 g/mol. The number of nitrogens with one attached hydrogen (secondary N) is 3. The first kappa shape index (κ1) is 19.0. The predicted molar refractivity (Wildman–Crippen MR) is 106 cm³/mol. The van der Waals surface area contributed by atoms with E-state index >= 15 is 0 Å². The van der Waals surface area contributed by atoms with Gasteiger partial charge in [-0.05, 0) is 36.8 Å². The maximum atomic E-state index is 13.4. The summed E-state index contributed by atoms with van der Waals surface area (Å²) in [6.07, 6.45) is 4.45. The Morgan fingerprint density at radius 2 is 1.97 bits per heavy atom. The number of H-pyrrole nitrogens is 1. The summed E-state index contributed by atoms with van der Waals surface area (Å²) in [6.45, 7) is 1.88. The molecule has 1 atom stereocenters. The lowest BCUT2D eigenvalue weighted by molar-refractivity contribution is 0.569. The van der Waals surface area contributed by atoms with Crippen LogP contribution >= 0.6 is 0 Å². The molecule has 9 nitrogen and oxygen atoms in total. The maximum Gasteiger partial charge on any atom is 0.209 e. The van der Waals surface area contributed by atoms with Crippen molar-refractivity contribution in [1.82, 2.24) is 29.5 Å². The Kier molecular flexibility index (Phi) is 4.76. The lowest BCUT2D eigenvalue weighted by Gasteiger charge is -2.18. The quantitative estimate of drug-likeness (QED) is 0.445. The molecule has 0 amide bonds. The molecule has 0 radical (unpaired) electrons. The number of rotatable bonds is 6. The standard InChI is InChI=1S/C18H18FN7O2S/c1-11-10-20-23-16(11)21-17-14-4-3-9-26(14)24-18(22-17)15(25-29(2,27)28)12-5-7-13(19)8-6-12/h3-10,15,25H,1-2H3,(H2,20,21,22,23,24). The third-order valence-electron chi connectivity index (χ3n) is 4.27. The van der Waals surface area contributed by atoms with E-state index in [1.165, 1.54) is 24.3 Å². The second-order valence-corrected chi connectivity index (χ2v) is 8.36. The Bertz CT molecular complexity index is 1270. The average Bonchev–Trinajstić information content (AvgIpc) is 3.29. The van der Waals surface area contributed by atoms with Gasteiger partial charge in [0.1, 0.15) is 23.2 Å². The first-order chi connectivity index (χ1) is 13.8. The van der Waals surface area contributed by atoms with Gasteiger partial charge in [-0.15, -0.1) is 0 Å². The highest BCUT2D eigenvalue weighted by Crippen LogP contribution is 2.25. The summed E-state index contributed by atoms with van der Waals surface area (Å²) in [5.74, 6) is 0.901. The van der Waals surface area contributed by atoms with Crippen molar-refractivity contribution >= 4 is 27.2 Å². The highest BCUT2D eigenvalue weighted by Gasteiger charge is 2.23. The largest absolute Gasteiger partial charge is 0.323 e. The van der Waals surface area contributed by atoms with E-state index in [1.54, 1.807) is 23.0 Å². The fourth-order valence-electron chi connectivity index (χ4n) is 2.90. The zero-order chi connectivity index (χ0) is 20.6. The number of nitrogens with zero attached hydrogens (tertiary/aromatic N) is 4. The molecule has 0 aliphatic heterocycles. The first-order valence-corrected chi connectivity index (χ1v) is 10.5. The van der Waals surface area contributed by atoms with Crippen molar-refractivity contribution in [2.24, 2.45) is 0 Å². The van der Waals surface area contributed by atoms with E-state index in [4.69, 9.17) is 0 Å². The molecule has 0 spiro atoms. The minimum Gasteiger partial charge on any atom is -0.323 e. The van der Waals surface area contributed by atoms with E-state index in [1.807, 2.05) is 13.0 Å². The highest BCUT2D eigenvalue weighted by molar-refractivity contribution is 7.88. The van der Waals surface area contributed by atoms with E-state index in [0.717, 1.165) is 11.8 Å². The van der Waals surface area contributed by atoms with Crippen LogP contribution in [0, 0.1) is 12.7 Å². The summed E-state index contributed by atoms with van der Waals surface area (Å²) in [6, 6.07) is 8.23. The number of halogens is 1. The number of benzene rings is 1.